The highest BCUT2D eigenvalue weighted by Crippen LogP contribution is 2.20. The average Bonchev–Trinajstić information content (AvgIpc) is 2.39. The first kappa shape index (κ1) is 16.1. The van der Waals surface area contributed by atoms with Crippen molar-refractivity contribution in [3.8, 4) is 0 Å². The van der Waals surface area contributed by atoms with Crippen LogP contribution in [0.1, 0.15) is 31.9 Å². The molecule has 0 saturated heterocycles. The van der Waals surface area contributed by atoms with Crippen LogP contribution >= 0.6 is 0 Å². The summed E-state index contributed by atoms with van der Waals surface area (Å²) < 4.78 is 24.2. The van der Waals surface area contributed by atoms with E-state index in [4.69, 9.17) is 9.47 Å². The number of halogens is 1. The fourth-order valence-electron chi connectivity index (χ4n) is 1.68. The van der Waals surface area contributed by atoms with Crippen LogP contribution in [0.4, 0.5) is 4.39 Å². The van der Waals surface area contributed by atoms with Gasteiger partial charge in [0.1, 0.15) is 5.82 Å². The molecule has 19 heavy (non-hydrogen) atoms. The normalized spacial score (nSPS) is 13.5. The van der Waals surface area contributed by atoms with E-state index in [1.807, 2.05) is 20.9 Å². The molecule has 1 aromatic rings. The molecule has 1 atom stereocenters. The van der Waals surface area contributed by atoms with E-state index in [0.717, 1.165) is 12.0 Å². The Morgan fingerprint density at radius 2 is 1.89 bits per heavy atom. The summed E-state index contributed by atoms with van der Waals surface area (Å²) in [4.78, 5) is 0. The largest absolute Gasteiger partial charge is 0.379 e. The van der Waals surface area contributed by atoms with Crippen LogP contribution in [0.5, 0.6) is 0 Å². The zero-order chi connectivity index (χ0) is 14.3. The van der Waals surface area contributed by atoms with Crippen molar-refractivity contribution in [2.75, 3.05) is 27.3 Å². The quantitative estimate of drug-likeness (QED) is 0.787. The highest BCUT2D eigenvalue weighted by molar-refractivity contribution is 5.19. The second-order valence-electron chi connectivity index (χ2n) is 5.18. The van der Waals surface area contributed by atoms with E-state index in [1.54, 1.807) is 19.2 Å². The number of methoxy groups -OCH3 is 1. The molecule has 1 unspecified atom stereocenters. The number of ether oxygens (including phenoxy) is 2. The third-order valence-electron chi connectivity index (χ3n) is 3.21. The molecule has 0 radical (unpaired) electrons. The fourth-order valence-corrected chi connectivity index (χ4v) is 1.68. The van der Waals surface area contributed by atoms with Crippen LogP contribution in [0.15, 0.2) is 24.3 Å². The Kier molecular flexibility index (Phi) is 6.42. The van der Waals surface area contributed by atoms with E-state index in [0.29, 0.717) is 13.2 Å². The number of rotatable bonds is 8. The standard InChI is InChI=1S/C15H24FNO2/c1-15(2,18-4)9-10-19-14(11-17-3)12-5-7-13(16)8-6-12/h5-8,14,17H,9-11H2,1-4H3. The summed E-state index contributed by atoms with van der Waals surface area (Å²) in [6.45, 7) is 5.35. The van der Waals surface area contributed by atoms with Crippen LogP contribution in [-0.2, 0) is 9.47 Å². The number of hydrogen-bond donors (Lipinski definition) is 1. The van der Waals surface area contributed by atoms with Gasteiger partial charge in [0, 0.05) is 13.7 Å². The zero-order valence-electron chi connectivity index (χ0n) is 12.2. The Morgan fingerprint density at radius 3 is 2.42 bits per heavy atom. The van der Waals surface area contributed by atoms with E-state index in [-0.39, 0.29) is 17.5 Å². The third kappa shape index (κ3) is 5.68. The van der Waals surface area contributed by atoms with Gasteiger partial charge in [0.05, 0.1) is 18.3 Å². The fraction of sp³-hybridized carbons (Fsp3) is 0.600. The first-order valence-electron chi connectivity index (χ1n) is 6.55. The Labute approximate surface area is 115 Å². The highest BCUT2D eigenvalue weighted by Gasteiger charge is 2.18. The molecule has 0 aliphatic carbocycles. The first-order valence-corrected chi connectivity index (χ1v) is 6.55. The second kappa shape index (κ2) is 7.58. The summed E-state index contributed by atoms with van der Waals surface area (Å²) in [7, 11) is 3.57. The van der Waals surface area contributed by atoms with Gasteiger partial charge in [-0.05, 0) is 45.0 Å². The molecule has 0 spiro atoms. The molecule has 0 fully saturated rings. The summed E-state index contributed by atoms with van der Waals surface area (Å²) in [5.74, 6) is -0.229. The summed E-state index contributed by atoms with van der Waals surface area (Å²) in [5, 5.41) is 3.09. The highest BCUT2D eigenvalue weighted by atomic mass is 19.1. The van der Waals surface area contributed by atoms with Gasteiger partial charge in [0.15, 0.2) is 0 Å². The van der Waals surface area contributed by atoms with Crippen molar-refractivity contribution in [3.63, 3.8) is 0 Å². The molecule has 0 aliphatic rings. The van der Waals surface area contributed by atoms with Gasteiger partial charge >= 0.3 is 0 Å². The second-order valence-corrected chi connectivity index (χ2v) is 5.18. The lowest BCUT2D eigenvalue weighted by Crippen LogP contribution is -2.26. The maximum atomic E-state index is 12.9. The Morgan fingerprint density at radius 1 is 1.26 bits per heavy atom. The van der Waals surface area contributed by atoms with E-state index in [9.17, 15) is 4.39 Å². The average molecular weight is 269 g/mol. The molecular weight excluding hydrogens is 245 g/mol. The maximum Gasteiger partial charge on any atom is 0.123 e. The molecular formula is C15H24FNO2. The van der Waals surface area contributed by atoms with Crippen LogP contribution < -0.4 is 5.32 Å². The van der Waals surface area contributed by atoms with Crippen LogP contribution in [0.2, 0.25) is 0 Å². The van der Waals surface area contributed by atoms with Crippen molar-refractivity contribution in [1.29, 1.82) is 0 Å². The summed E-state index contributed by atoms with van der Waals surface area (Å²) in [5.41, 5.74) is 0.790. The molecule has 1 N–H and O–H groups in total. The van der Waals surface area contributed by atoms with Gasteiger partial charge in [-0.1, -0.05) is 12.1 Å². The van der Waals surface area contributed by atoms with E-state index >= 15 is 0 Å². The van der Waals surface area contributed by atoms with Crippen molar-refractivity contribution in [2.45, 2.75) is 32.0 Å². The predicted octanol–water partition coefficient (Wildman–Crippen LogP) is 2.92. The van der Waals surface area contributed by atoms with Gasteiger partial charge in [-0.25, -0.2) is 4.39 Å². The van der Waals surface area contributed by atoms with Gasteiger partial charge in [-0.15, -0.1) is 0 Å². The summed E-state index contributed by atoms with van der Waals surface area (Å²) in [6, 6.07) is 6.44. The predicted molar refractivity (Wildman–Crippen MR) is 74.7 cm³/mol. The smallest absolute Gasteiger partial charge is 0.123 e. The molecule has 0 aromatic heterocycles. The maximum absolute atomic E-state index is 12.9. The SMILES string of the molecule is CNCC(OCCC(C)(C)OC)c1ccc(F)cc1. The molecule has 0 aliphatic heterocycles. The molecule has 0 bridgehead atoms. The van der Waals surface area contributed by atoms with E-state index < -0.39 is 0 Å². The molecule has 108 valence electrons. The van der Waals surface area contributed by atoms with Gasteiger partial charge in [-0.2, -0.15) is 0 Å². The number of likely N-dealkylation sites (N-methyl/N-ethyl adjacent to an activating group) is 1. The Balaban J connectivity index is 2.56. The van der Waals surface area contributed by atoms with Crippen LogP contribution in [0.3, 0.4) is 0 Å². The molecule has 4 heteroatoms. The minimum Gasteiger partial charge on any atom is -0.379 e. The number of hydrogen-bond acceptors (Lipinski definition) is 3. The first-order chi connectivity index (χ1) is 8.98. The third-order valence-corrected chi connectivity index (χ3v) is 3.21. The van der Waals surface area contributed by atoms with Crippen molar-refractivity contribution in [1.82, 2.24) is 5.32 Å². The molecule has 1 aromatic carbocycles. The van der Waals surface area contributed by atoms with Gasteiger partial charge in [-0.3, -0.25) is 0 Å². The molecule has 3 nitrogen and oxygen atoms in total. The van der Waals surface area contributed by atoms with Gasteiger partial charge in [0.2, 0.25) is 0 Å². The van der Waals surface area contributed by atoms with Crippen LogP contribution in [0, 0.1) is 5.82 Å². The lowest BCUT2D eigenvalue weighted by molar-refractivity contribution is -0.0269. The summed E-state index contributed by atoms with van der Waals surface area (Å²) in [6.07, 6.45) is 0.739. The minimum atomic E-state index is -0.229. The Bertz CT molecular complexity index is 365. The summed E-state index contributed by atoms with van der Waals surface area (Å²) >= 11 is 0. The Hall–Kier alpha value is -0.970. The number of nitrogens with one attached hydrogen (secondary N) is 1. The monoisotopic (exact) mass is 269 g/mol. The van der Waals surface area contributed by atoms with E-state index in [1.165, 1.54) is 12.1 Å². The van der Waals surface area contributed by atoms with Crippen molar-refractivity contribution in [3.05, 3.63) is 35.6 Å². The van der Waals surface area contributed by atoms with Crippen molar-refractivity contribution >= 4 is 0 Å². The minimum absolute atomic E-state index is 0.0711. The van der Waals surface area contributed by atoms with Crippen molar-refractivity contribution in [2.24, 2.45) is 0 Å². The van der Waals surface area contributed by atoms with Crippen molar-refractivity contribution < 1.29 is 13.9 Å². The molecule has 0 amide bonds. The topological polar surface area (TPSA) is 30.5 Å². The lowest BCUT2D eigenvalue weighted by atomic mass is 10.1. The lowest BCUT2D eigenvalue weighted by Gasteiger charge is -2.25. The van der Waals surface area contributed by atoms with Crippen LogP contribution in [0.25, 0.3) is 0 Å². The molecule has 0 heterocycles. The zero-order valence-corrected chi connectivity index (χ0v) is 12.2. The van der Waals surface area contributed by atoms with E-state index in [2.05, 4.69) is 5.32 Å². The van der Waals surface area contributed by atoms with Gasteiger partial charge in [0.25, 0.3) is 0 Å². The van der Waals surface area contributed by atoms with Gasteiger partial charge < -0.3 is 14.8 Å². The number of benzene rings is 1. The van der Waals surface area contributed by atoms with Crippen LogP contribution in [-0.4, -0.2) is 32.9 Å². The molecule has 0 saturated carbocycles. The molecule has 1 rings (SSSR count).